The highest BCUT2D eigenvalue weighted by molar-refractivity contribution is 7.89. The van der Waals surface area contributed by atoms with Gasteiger partial charge in [-0.05, 0) is 47.8 Å². The summed E-state index contributed by atoms with van der Waals surface area (Å²) in [6.07, 6.45) is 1.53. The zero-order valence-electron chi connectivity index (χ0n) is 14.9. The van der Waals surface area contributed by atoms with Gasteiger partial charge in [0.15, 0.2) is 0 Å². The second kappa shape index (κ2) is 9.13. The van der Waals surface area contributed by atoms with Crippen molar-refractivity contribution in [2.45, 2.75) is 24.4 Å². The molecule has 1 N–H and O–H groups in total. The maximum Gasteiger partial charge on any atom is 0.240 e. The molecule has 3 aromatic rings. The third-order valence-electron chi connectivity index (χ3n) is 3.96. The van der Waals surface area contributed by atoms with Gasteiger partial charge in [-0.25, -0.2) is 17.5 Å². The van der Waals surface area contributed by atoms with Crippen molar-refractivity contribution in [1.82, 2.24) is 9.62 Å². The van der Waals surface area contributed by atoms with Crippen molar-refractivity contribution in [2.75, 3.05) is 6.54 Å². The highest BCUT2D eigenvalue weighted by atomic mass is 32.2. The first-order valence-corrected chi connectivity index (χ1v) is 10.9. The van der Waals surface area contributed by atoms with E-state index in [0.29, 0.717) is 18.8 Å². The first-order valence-electron chi connectivity index (χ1n) is 8.52. The summed E-state index contributed by atoms with van der Waals surface area (Å²) >= 11 is 1.54. The summed E-state index contributed by atoms with van der Waals surface area (Å²) in [4.78, 5) is 15.3. The third-order valence-corrected chi connectivity index (χ3v) is 6.30. The smallest absolute Gasteiger partial charge is 0.240 e. The first kappa shape index (κ1) is 20.2. The van der Waals surface area contributed by atoms with Crippen LogP contribution >= 0.6 is 11.3 Å². The van der Waals surface area contributed by atoms with Crippen molar-refractivity contribution in [2.24, 2.45) is 0 Å². The molecule has 9 heteroatoms. The summed E-state index contributed by atoms with van der Waals surface area (Å²) in [5.41, 5.74) is 0. The van der Waals surface area contributed by atoms with Crippen LogP contribution in [0.4, 0.5) is 4.39 Å². The number of thiophene rings is 1. The number of amides is 1. The fraction of sp³-hybridized carbons (Fsp3) is 0.211. The predicted molar refractivity (Wildman–Crippen MR) is 103 cm³/mol. The molecule has 148 valence electrons. The van der Waals surface area contributed by atoms with Crippen molar-refractivity contribution in [3.8, 4) is 0 Å². The minimum absolute atomic E-state index is 0.00743. The van der Waals surface area contributed by atoms with Gasteiger partial charge in [0.05, 0.1) is 24.2 Å². The predicted octanol–water partition coefficient (Wildman–Crippen LogP) is 3.38. The maximum absolute atomic E-state index is 13.0. The Labute approximate surface area is 166 Å². The molecule has 1 aromatic carbocycles. The molecule has 0 saturated carbocycles. The van der Waals surface area contributed by atoms with E-state index in [1.165, 1.54) is 12.1 Å². The molecule has 1 amide bonds. The number of carbonyl (C=O) groups is 1. The molecule has 0 aliphatic carbocycles. The lowest BCUT2D eigenvalue weighted by Crippen LogP contribution is -2.33. The molecule has 2 heterocycles. The molecule has 6 nitrogen and oxygen atoms in total. The molecule has 28 heavy (non-hydrogen) atoms. The van der Waals surface area contributed by atoms with E-state index in [-0.39, 0.29) is 23.8 Å². The van der Waals surface area contributed by atoms with Crippen LogP contribution in [0.1, 0.15) is 17.1 Å². The SMILES string of the molecule is O=C(CCNS(=O)(=O)c1ccc(F)cc1)N(Cc1ccco1)Cc1cccs1. The molecule has 0 atom stereocenters. The van der Waals surface area contributed by atoms with Crippen LogP contribution in [0.15, 0.2) is 69.5 Å². The second-order valence-electron chi connectivity index (χ2n) is 6.01. The molecule has 0 aliphatic heterocycles. The van der Waals surface area contributed by atoms with Gasteiger partial charge in [0.2, 0.25) is 15.9 Å². The van der Waals surface area contributed by atoms with Crippen molar-refractivity contribution in [3.63, 3.8) is 0 Å². The van der Waals surface area contributed by atoms with Crippen LogP contribution in [0.2, 0.25) is 0 Å². The fourth-order valence-electron chi connectivity index (χ4n) is 2.56. The average Bonchev–Trinajstić information content (AvgIpc) is 3.35. The van der Waals surface area contributed by atoms with Gasteiger partial charge in [-0.2, -0.15) is 0 Å². The molecule has 0 saturated heterocycles. The highest BCUT2D eigenvalue weighted by Crippen LogP contribution is 2.16. The van der Waals surface area contributed by atoms with Crippen LogP contribution in [-0.2, 0) is 27.9 Å². The van der Waals surface area contributed by atoms with Crippen molar-refractivity contribution >= 4 is 27.3 Å². The summed E-state index contributed by atoms with van der Waals surface area (Å²) in [5.74, 6) is -0.0697. The molecule has 0 unspecified atom stereocenters. The summed E-state index contributed by atoms with van der Waals surface area (Å²) in [7, 11) is -3.80. The Morgan fingerprint density at radius 2 is 1.89 bits per heavy atom. The molecule has 0 radical (unpaired) electrons. The number of furan rings is 1. The van der Waals surface area contributed by atoms with E-state index < -0.39 is 15.8 Å². The zero-order chi connectivity index (χ0) is 20.0. The molecule has 0 bridgehead atoms. The van der Waals surface area contributed by atoms with E-state index in [0.717, 1.165) is 17.0 Å². The Morgan fingerprint density at radius 1 is 1.11 bits per heavy atom. The summed E-state index contributed by atoms with van der Waals surface area (Å²) in [6.45, 7) is 0.661. The van der Waals surface area contributed by atoms with Crippen LogP contribution in [0.5, 0.6) is 0 Å². The van der Waals surface area contributed by atoms with Crippen LogP contribution in [0.25, 0.3) is 0 Å². The van der Waals surface area contributed by atoms with Gasteiger partial charge in [0.25, 0.3) is 0 Å². The number of hydrogen-bond donors (Lipinski definition) is 1. The number of hydrogen-bond acceptors (Lipinski definition) is 5. The quantitative estimate of drug-likeness (QED) is 0.573. The Hall–Kier alpha value is -2.49. The normalized spacial score (nSPS) is 11.5. The molecule has 3 rings (SSSR count). The maximum atomic E-state index is 13.0. The van der Waals surface area contributed by atoms with E-state index in [4.69, 9.17) is 4.42 Å². The third kappa shape index (κ3) is 5.51. The van der Waals surface area contributed by atoms with Crippen molar-refractivity contribution in [3.05, 3.63) is 76.6 Å². The number of nitrogens with one attached hydrogen (secondary N) is 1. The van der Waals surface area contributed by atoms with Gasteiger partial charge < -0.3 is 9.32 Å². The lowest BCUT2D eigenvalue weighted by molar-refractivity contribution is -0.132. The monoisotopic (exact) mass is 422 g/mol. The van der Waals surface area contributed by atoms with Crippen LogP contribution in [0.3, 0.4) is 0 Å². The molecule has 0 spiro atoms. The summed E-state index contributed by atoms with van der Waals surface area (Å²) in [5, 5.41) is 1.93. The molecule has 2 aromatic heterocycles. The Balaban J connectivity index is 1.60. The van der Waals surface area contributed by atoms with Gasteiger partial charge in [-0.1, -0.05) is 6.07 Å². The lowest BCUT2D eigenvalue weighted by Gasteiger charge is -2.21. The van der Waals surface area contributed by atoms with E-state index in [1.807, 2.05) is 17.5 Å². The topological polar surface area (TPSA) is 79.6 Å². The Morgan fingerprint density at radius 3 is 2.54 bits per heavy atom. The van der Waals surface area contributed by atoms with Gasteiger partial charge >= 0.3 is 0 Å². The molecular weight excluding hydrogens is 403 g/mol. The van der Waals surface area contributed by atoms with Gasteiger partial charge in [-0.15, -0.1) is 11.3 Å². The molecule has 0 aliphatic rings. The lowest BCUT2D eigenvalue weighted by atomic mass is 10.3. The van der Waals surface area contributed by atoms with Crippen molar-refractivity contribution < 1.29 is 22.0 Å². The van der Waals surface area contributed by atoms with E-state index in [9.17, 15) is 17.6 Å². The average molecular weight is 423 g/mol. The number of nitrogens with zero attached hydrogens (tertiary/aromatic N) is 1. The zero-order valence-corrected chi connectivity index (χ0v) is 16.5. The second-order valence-corrected chi connectivity index (χ2v) is 8.81. The fourth-order valence-corrected chi connectivity index (χ4v) is 4.31. The minimum atomic E-state index is -3.80. The van der Waals surface area contributed by atoms with Crippen LogP contribution in [0, 0.1) is 5.82 Å². The van der Waals surface area contributed by atoms with E-state index in [2.05, 4.69) is 4.72 Å². The number of carbonyl (C=O) groups excluding carboxylic acids is 1. The number of rotatable bonds is 9. The molecule has 0 fully saturated rings. The number of benzene rings is 1. The van der Waals surface area contributed by atoms with Gasteiger partial charge in [0, 0.05) is 17.8 Å². The molecular formula is C19H19FN2O4S2. The minimum Gasteiger partial charge on any atom is -0.467 e. The Kier molecular flexibility index (Phi) is 6.61. The largest absolute Gasteiger partial charge is 0.467 e. The van der Waals surface area contributed by atoms with E-state index in [1.54, 1.807) is 34.6 Å². The summed E-state index contributed by atoms with van der Waals surface area (Å²) in [6, 6.07) is 11.9. The van der Waals surface area contributed by atoms with Crippen LogP contribution < -0.4 is 4.72 Å². The summed E-state index contributed by atoms with van der Waals surface area (Å²) < 4.78 is 45.1. The highest BCUT2D eigenvalue weighted by Gasteiger charge is 2.19. The van der Waals surface area contributed by atoms with Crippen molar-refractivity contribution in [1.29, 1.82) is 0 Å². The number of halogens is 1. The van der Waals surface area contributed by atoms with Crippen LogP contribution in [-0.4, -0.2) is 25.8 Å². The standard InChI is InChI=1S/C19H19FN2O4S2/c20-15-5-7-18(8-6-15)28(24,25)21-10-9-19(23)22(13-16-3-1-11-26-16)14-17-4-2-12-27-17/h1-8,11-12,21H,9-10,13-14H2. The number of sulfonamides is 1. The van der Waals surface area contributed by atoms with E-state index >= 15 is 0 Å². The first-order chi connectivity index (χ1) is 13.4. The van der Waals surface area contributed by atoms with Gasteiger partial charge in [0.1, 0.15) is 11.6 Å². The Bertz CT molecular complexity index is 949. The van der Waals surface area contributed by atoms with Gasteiger partial charge in [-0.3, -0.25) is 4.79 Å².